The average Bonchev–Trinajstić information content (AvgIpc) is 3.11. The highest BCUT2D eigenvalue weighted by Crippen LogP contribution is 2.20. The van der Waals surface area contributed by atoms with Crippen molar-refractivity contribution >= 4 is 17.5 Å². The first-order chi connectivity index (χ1) is 11.5. The Morgan fingerprint density at radius 1 is 1.17 bits per heavy atom. The fourth-order valence-corrected chi connectivity index (χ4v) is 2.27. The monoisotopic (exact) mass is 349 g/mol. The van der Waals surface area contributed by atoms with Crippen LogP contribution in [0.4, 0.5) is 8.78 Å². The molecule has 0 aliphatic heterocycles. The van der Waals surface area contributed by atoms with Crippen LogP contribution in [0.2, 0.25) is 5.02 Å². The Bertz CT molecular complexity index is 868. The number of amides is 1. The van der Waals surface area contributed by atoms with Gasteiger partial charge in [0.2, 0.25) is 5.82 Å². The molecule has 24 heavy (non-hydrogen) atoms. The molecule has 0 atom stereocenters. The third-order valence-corrected chi connectivity index (χ3v) is 3.58. The van der Waals surface area contributed by atoms with Crippen LogP contribution in [0.1, 0.15) is 15.9 Å². The lowest BCUT2D eigenvalue weighted by Gasteiger charge is -2.08. The highest BCUT2D eigenvalue weighted by atomic mass is 35.5. The largest absolute Gasteiger partial charge is 0.348 e. The lowest BCUT2D eigenvalue weighted by Crippen LogP contribution is -2.23. The number of benzene rings is 2. The van der Waals surface area contributed by atoms with Crippen LogP contribution in [0.15, 0.2) is 36.4 Å². The quantitative estimate of drug-likeness (QED) is 0.709. The molecule has 0 aliphatic carbocycles. The summed E-state index contributed by atoms with van der Waals surface area (Å²) >= 11 is 5.77. The number of rotatable bonds is 4. The molecule has 2 N–H and O–H groups in total. The highest BCUT2D eigenvalue weighted by Gasteiger charge is 2.14. The van der Waals surface area contributed by atoms with Gasteiger partial charge in [-0.3, -0.25) is 4.79 Å². The Labute approximate surface area is 139 Å². The molecule has 0 spiro atoms. The minimum Gasteiger partial charge on any atom is -0.348 e. The second-order valence-corrected chi connectivity index (χ2v) is 5.27. The van der Waals surface area contributed by atoms with Crippen molar-refractivity contribution in [2.75, 3.05) is 0 Å². The summed E-state index contributed by atoms with van der Waals surface area (Å²) < 4.78 is 26.2. The van der Waals surface area contributed by atoms with Crippen LogP contribution < -0.4 is 5.32 Å². The molecule has 0 saturated heterocycles. The van der Waals surface area contributed by atoms with E-state index in [2.05, 4.69) is 25.9 Å². The molecular weight excluding hydrogens is 340 g/mol. The topological polar surface area (TPSA) is 83.6 Å². The summed E-state index contributed by atoms with van der Waals surface area (Å²) in [6.45, 7) is 0.195. The number of aromatic nitrogens is 4. The Hall–Kier alpha value is -2.87. The smallest absolute Gasteiger partial charge is 0.253 e. The predicted molar refractivity (Wildman–Crippen MR) is 82.2 cm³/mol. The van der Waals surface area contributed by atoms with Crippen LogP contribution in [0.25, 0.3) is 11.4 Å². The van der Waals surface area contributed by atoms with Crippen LogP contribution in [0.5, 0.6) is 0 Å². The minimum absolute atomic E-state index is 0.126. The van der Waals surface area contributed by atoms with Gasteiger partial charge in [-0.05, 0) is 22.9 Å². The summed E-state index contributed by atoms with van der Waals surface area (Å²) in [5.74, 6) is -2.37. The molecule has 1 amide bonds. The van der Waals surface area contributed by atoms with Gasteiger partial charge < -0.3 is 5.32 Å². The van der Waals surface area contributed by atoms with Gasteiger partial charge in [0.15, 0.2) is 11.6 Å². The van der Waals surface area contributed by atoms with Crippen molar-refractivity contribution in [1.82, 2.24) is 25.9 Å². The molecule has 0 fully saturated rings. The Morgan fingerprint density at radius 3 is 2.54 bits per heavy atom. The fraction of sp³-hybridized carbons (Fsp3) is 0.0667. The van der Waals surface area contributed by atoms with Crippen molar-refractivity contribution in [1.29, 1.82) is 0 Å². The molecule has 0 saturated carbocycles. The molecule has 2 aromatic carbocycles. The number of H-pyrrole nitrogens is 1. The summed E-state index contributed by atoms with van der Waals surface area (Å²) in [4.78, 5) is 12.0. The van der Waals surface area contributed by atoms with Gasteiger partial charge in [0.05, 0.1) is 10.6 Å². The van der Waals surface area contributed by atoms with Crippen molar-refractivity contribution in [3.05, 3.63) is 64.2 Å². The molecule has 0 bridgehead atoms. The van der Waals surface area contributed by atoms with Crippen molar-refractivity contribution in [3.63, 3.8) is 0 Å². The number of carbonyl (C=O) groups excluding carboxylic acids is 1. The molecule has 3 aromatic rings. The van der Waals surface area contributed by atoms with E-state index in [9.17, 15) is 13.6 Å². The van der Waals surface area contributed by atoms with Gasteiger partial charge in [-0.1, -0.05) is 35.9 Å². The molecule has 122 valence electrons. The Morgan fingerprint density at radius 2 is 1.88 bits per heavy atom. The van der Waals surface area contributed by atoms with Crippen LogP contribution in [-0.2, 0) is 6.54 Å². The van der Waals surface area contributed by atoms with E-state index in [1.807, 2.05) is 0 Å². The molecule has 0 aliphatic rings. The van der Waals surface area contributed by atoms with E-state index >= 15 is 0 Å². The van der Waals surface area contributed by atoms with Crippen LogP contribution in [0, 0.1) is 11.6 Å². The lowest BCUT2D eigenvalue weighted by atomic mass is 10.1. The average molecular weight is 350 g/mol. The third-order valence-electron chi connectivity index (χ3n) is 3.27. The van der Waals surface area contributed by atoms with Gasteiger partial charge >= 0.3 is 0 Å². The number of tetrazole rings is 1. The van der Waals surface area contributed by atoms with E-state index < -0.39 is 17.5 Å². The van der Waals surface area contributed by atoms with E-state index in [1.54, 1.807) is 24.3 Å². The number of hydrogen-bond donors (Lipinski definition) is 2. The second kappa shape index (κ2) is 6.71. The highest BCUT2D eigenvalue weighted by molar-refractivity contribution is 6.33. The minimum atomic E-state index is -1.13. The molecule has 9 heteroatoms. The van der Waals surface area contributed by atoms with E-state index in [0.717, 1.165) is 23.3 Å². The zero-order chi connectivity index (χ0) is 17.1. The summed E-state index contributed by atoms with van der Waals surface area (Å²) in [6, 6.07) is 8.64. The predicted octanol–water partition coefficient (Wildman–Crippen LogP) is 2.73. The molecule has 0 radical (unpaired) electrons. The van der Waals surface area contributed by atoms with Crippen LogP contribution in [0.3, 0.4) is 0 Å². The molecular formula is C15H10ClF2N5O. The van der Waals surface area contributed by atoms with Gasteiger partial charge in [0.25, 0.3) is 5.91 Å². The number of nitrogens with zero attached hydrogens (tertiary/aromatic N) is 3. The second-order valence-electron chi connectivity index (χ2n) is 4.86. The van der Waals surface area contributed by atoms with Crippen LogP contribution >= 0.6 is 11.6 Å². The molecule has 1 heterocycles. The molecule has 3 rings (SSSR count). The van der Waals surface area contributed by atoms with Crippen molar-refractivity contribution < 1.29 is 13.6 Å². The van der Waals surface area contributed by atoms with Crippen molar-refractivity contribution in [2.45, 2.75) is 6.54 Å². The SMILES string of the molecule is O=C(NCc1ccc(-c2nn[nH]n2)cc1)c1cc(F)c(F)cc1Cl. The van der Waals surface area contributed by atoms with E-state index in [-0.39, 0.29) is 17.1 Å². The lowest BCUT2D eigenvalue weighted by molar-refractivity contribution is 0.0950. The first kappa shape index (κ1) is 16.0. The van der Waals surface area contributed by atoms with E-state index in [0.29, 0.717) is 5.82 Å². The third kappa shape index (κ3) is 3.38. The van der Waals surface area contributed by atoms with E-state index in [1.165, 1.54) is 0 Å². The summed E-state index contributed by atoms with van der Waals surface area (Å²) in [5, 5.41) is 16.0. The molecule has 1 aromatic heterocycles. The zero-order valence-corrected chi connectivity index (χ0v) is 12.8. The summed E-state index contributed by atoms with van der Waals surface area (Å²) in [7, 11) is 0. The van der Waals surface area contributed by atoms with Gasteiger partial charge in [-0.25, -0.2) is 8.78 Å². The number of hydrogen-bond acceptors (Lipinski definition) is 4. The molecule has 6 nitrogen and oxygen atoms in total. The first-order valence-electron chi connectivity index (χ1n) is 6.80. The number of aromatic amines is 1. The maximum atomic E-state index is 13.2. The van der Waals surface area contributed by atoms with Crippen molar-refractivity contribution in [3.8, 4) is 11.4 Å². The van der Waals surface area contributed by atoms with E-state index in [4.69, 9.17) is 11.6 Å². The fourth-order valence-electron chi connectivity index (χ4n) is 2.03. The molecule has 0 unspecified atom stereocenters. The Kier molecular flexibility index (Phi) is 4.48. The zero-order valence-electron chi connectivity index (χ0n) is 12.1. The maximum Gasteiger partial charge on any atom is 0.253 e. The number of nitrogens with one attached hydrogen (secondary N) is 2. The number of carbonyl (C=O) groups is 1. The van der Waals surface area contributed by atoms with Gasteiger partial charge in [0, 0.05) is 12.1 Å². The van der Waals surface area contributed by atoms with Gasteiger partial charge in [-0.15, -0.1) is 10.2 Å². The van der Waals surface area contributed by atoms with Crippen LogP contribution in [-0.4, -0.2) is 26.5 Å². The summed E-state index contributed by atoms with van der Waals surface area (Å²) in [5.41, 5.74) is 1.44. The van der Waals surface area contributed by atoms with Gasteiger partial charge in [-0.2, -0.15) is 5.21 Å². The standard InChI is InChI=1S/C15H10ClF2N5O/c16-11-6-13(18)12(17)5-10(11)15(24)19-7-8-1-3-9(4-2-8)14-20-22-23-21-14/h1-6H,7H2,(H,19,24)(H,20,21,22,23). The first-order valence-corrected chi connectivity index (χ1v) is 7.18. The summed E-state index contributed by atoms with van der Waals surface area (Å²) in [6.07, 6.45) is 0. The number of halogens is 3. The van der Waals surface area contributed by atoms with Gasteiger partial charge in [0.1, 0.15) is 0 Å². The normalized spacial score (nSPS) is 10.6. The Balaban J connectivity index is 1.67. The van der Waals surface area contributed by atoms with Crippen molar-refractivity contribution in [2.24, 2.45) is 0 Å². The maximum absolute atomic E-state index is 13.2.